The van der Waals surface area contributed by atoms with Gasteiger partial charge >= 0.3 is 0 Å². The molecule has 0 spiro atoms. The largest absolute Gasteiger partial charge is 0.486 e. The molecular formula is C25H27N3O2. The van der Waals surface area contributed by atoms with E-state index in [1.807, 2.05) is 55.6 Å². The smallest absolute Gasteiger partial charge is 0.254 e. The average Bonchev–Trinajstić information content (AvgIpc) is 3.50. The second kappa shape index (κ2) is 7.98. The van der Waals surface area contributed by atoms with E-state index in [-0.39, 0.29) is 18.1 Å². The van der Waals surface area contributed by atoms with E-state index in [2.05, 4.69) is 27.2 Å². The second-order valence-corrected chi connectivity index (χ2v) is 8.41. The molecule has 0 saturated heterocycles. The van der Waals surface area contributed by atoms with Crippen molar-refractivity contribution in [2.24, 2.45) is 0 Å². The zero-order valence-corrected chi connectivity index (χ0v) is 17.3. The number of nitrogens with zero attached hydrogens (tertiary/aromatic N) is 2. The standard InChI is InChI=1S/C25H27N3O2/c1-17(18-5-3-2-4-6-18)30-23-12-7-19(8-13-23)25(29)28(21-9-10-21)22-11-14-24-20(15-22)16-26-27-24/h2-8,12-13,16-17,21-22H,9-11,14-15H2,1H3,(H,26,27)/t17-,22?/m1/s1. The summed E-state index contributed by atoms with van der Waals surface area (Å²) in [5.74, 6) is 0.915. The highest BCUT2D eigenvalue weighted by molar-refractivity contribution is 5.95. The topological polar surface area (TPSA) is 58.2 Å². The van der Waals surface area contributed by atoms with Crippen LogP contribution in [0, 0.1) is 0 Å². The fraction of sp³-hybridized carbons (Fsp3) is 0.360. The maximum atomic E-state index is 13.4. The first-order valence-electron chi connectivity index (χ1n) is 10.8. The van der Waals surface area contributed by atoms with Gasteiger partial charge in [0.25, 0.3) is 5.91 Å². The first kappa shape index (κ1) is 18.9. The molecule has 2 aromatic carbocycles. The third kappa shape index (κ3) is 3.84. The van der Waals surface area contributed by atoms with E-state index in [4.69, 9.17) is 4.74 Å². The van der Waals surface area contributed by atoms with Gasteiger partial charge in [0.05, 0.1) is 6.20 Å². The molecule has 1 heterocycles. The lowest BCUT2D eigenvalue weighted by Gasteiger charge is -2.34. The number of carbonyl (C=O) groups excluding carboxylic acids is 1. The number of amides is 1. The number of fused-ring (bicyclic) bond motifs is 1. The van der Waals surface area contributed by atoms with E-state index in [1.54, 1.807) is 0 Å². The Balaban J connectivity index is 1.29. The summed E-state index contributed by atoms with van der Waals surface area (Å²) in [5, 5.41) is 7.26. The molecule has 154 valence electrons. The predicted octanol–water partition coefficient (Wildman–Crippen LogP) is 4.71. The molecule has 0 aliphatic heterocycles. The van der Waals surface area contributed by atoms with Crippen molar-refractivity contribution in [3.63, 3.8) is 0 Å². The van der Waals surface area contributed by atoms with Crippen molar-refractivity contribution in [1.29, 1.82) is 0 Å². The van der Waals surface area contributed by atoms with E-state index < -0.39 is 0 Å². The van der Waals surface area contributed by atoms with Crippen molar-refractivity contribution in [2.75, 3.05) is 0 Å². The molecule has 5 rings (SSSR count). The quantitative estimate of drug-likeness (QED) is 0.651. The van der Waals surface area contributed by atoms with Crippen LogP contribution in [0.4, 0.5) is 0 Å². The molecule has 5 heteroatoms. The van der Waals surface area contributed by atoms with Crippen molar-refractivity contribution in [1.82, 2.24) is 15.1 Å². The third-order valence-electron chi connectivity index (χ3n) is 6.24. The molecule has 2 atom stereocenters. The number of hydrogen-bond acceptors (Lipinski definition) is 3. The van der Waals surface area contributed by atoms with Crippen LogP contribution in [-0.4, -0.2) is 33.1 Å². The van der Waals surface area contributed by atoms with Crippen LogP contribution < -0.4 is 4.74 Å². The van der Waals surface area contributed by atoms with Gasteiger partial charge in [-0.15, -0.1) is 0 Å². The lowest BCUT2D eigenvalue weighted by Crippen LogP contribution is -2.44. The van der Waals surface area contributed by atoms with Gasteiger partial charge in [0.15, 0.2) is 0 Å². The molecule has 1 saturated carbocycles. The summed E-state index contributed by atoms with van der Waals surface area (Å²) in [4.78, 5) is 15.5. The summed E-state index contributed by atoms with van der Waals surface area (Å²) in [6.07, 6.45) is 6.93. The fourth-order valence-electron chi connectivity index (χ4n) is 4.44. The number of aromatic amines is 1. The summed E-state index contributed by atoms with van der Waals surface area (Å²) in [6.45, 7) is 2.04. The number of rotatable bonds is 6. The summed E-state index contributed by atoms with van der Waals surface area (Å²) >= 11 is 0. The summed E-state index contributed by atoms with van der Waals surface area (Å²) in [7, 11) is 0. The number of aromatic nitrogens is 2. The zero-order valence-electron chi connectivity index (χ0n) is 17.3. The first-order chi connectivity index (χ1) is 14.7. The lowest BCUT2D eigenvalue weighted by atomic mass is 9.92. The highest BCUT2D eigenvalue weighted by atomic mass is 16.5. The van der Waals surface area contributed by atoms with Crippen molar-refractivity contribution >= 4 is 5.91 Å². The molecule has 1 unspecified atom stereocenters. The fourth-order valence-corrected chi connectivity index (χ4v) is 4.44. The van der Waals surface area contributed by atoms with Crippen molar-refractivity contribution in [2.45, 2.75) is 57.2 Å². The van der Waals surface area contributed by atoms with Gasteiger partial charge in [0, 0.05) is 23.3 Å². The van der Waals surface area contributed by atoms with Gasteiger partial charge in [-0.1, -0.05) is 30.3 Å². The van der Waals surface area contributed by atoms with Crippen LogP contribution in [0.5, 0.6) is 5.75 Å². The first-order valence-corrected chi connectivity index (χ1v) is 10.8. The molecule has 1 N–H and O–H groups in total. The highest BCUT2D eigenvalue weighted by Gasteiger charge is 2.39. The zero-order chi connectivity index (χ0) is 20.5. The van der Waals surface area contributed by atoms with Crippen LogP contribution in [0.3, 0.4) is 0 Å². The molecule has 1 amide bonds. The monoisotopic (exact) mass is 401 g/mol. The minimum Gasteiger partial charge on any atom is -0.486 e. The summed E-state index contributed by atoms with van der Waals surface area (Å²) in [5.41, 5.74) is 4.35. The SMILES string of the molecule is C[C@@H](Oc1ccc(C(=O)N(C2CC2)C2CCc3[nH]ncc3C2)cc1)c1ccccc1. The molecule has 0 bridgehead atoms. The Hall–Kier alpha value is -3.08. The minimum absolute atomic E-state index is 0.0397. The van der Waals surface area contributed by atoms with Gasteiger partial charge < -0.3 is 9.64 Å². The van der Waals surface area contributed by atoms with Gasteiger partial charge in [-0.05, 0) is 74.4 Å². The van der Waals surface area contributed by atoms with Gasteiger partial charge in [0.1, 0.15) is 11.9 Å². The normalized spacial score (nSPS) is 19.0. The number of nitrogens with one attached hydrogen (secondary N) is 1. The molecule has 0 radical (unpaired) electrons. The molecular weight excluding hydrogens is 374 g/mol. The Labute approximate surface area is 177 Å². The Kier molecular flexibility index (Phi) is 5.03. The summed E-state index contributed by atoms with van der Waals surface area (Å²) < 4.78 is 6.07. The Morgan fingerprint density at radius 2 is 1.83 bits per heavy atom. The number of carbonyl (C=O) groups is 1. The van der Waals surface area contributed by atoms with E-state index in [9.17, 15) is 4.79 Å². The van der Waals surface area contributed by atoms with Crippen LogP contribution in [0.15, 0.2) is 60.8 Å². The maximum absolute atomic E-state index is 13.4. The number of ether oxygens (including phenoxy) is 1. The van der Waals surface area contributed by atoms with E-state index in [1.165, 1.54) is 11.3 Å². The summed E-state index contributed by atoms with van der Waals surface area (Å²) in [6, 6.07) is 18.4. The van der Waals surface area contributed by atoms with Gasteiger partial charge in [-0.3, -0.25) is 9.89 Å². The molecule has 2 aliphatic rings. The second-order valence-electron chi connectivity index (χ2n) is 8.41. The molecule has 1 aromatic heterocycles. The van der Waals surface area contributed by atoms with E-state index >= 15 is 0 Å². The molecule has 3 aromatic rings. The third-order valence-corrected chi connectivity index (χ3v) is 6.24. The molecule has 5 nitrogen and oxygen atoms in total. The molecule has 30 heavy (non-hydrogen) atoms. The van der Waals surface area contributed by atoms with Gasteiger partial charge in [-0.2, -0.15) is 5.10 Å². The number of aryl methyl sites for hydroxylation is 1. The van der Waals surface area contributed by atoms with E-state index in [0.29, 0.717) is 6.04 Å². The van der Waals surface area contributed by atoms with Gasteiger partial charge in [-0.25, -0.2) is 0 Å². The predicted molar refractivity (Wildman–Crippen MR) is 116 cm³/mol. The highest BCUT2D eigenvalue weighted by Crippen LogP contribution is 2.35. The van der Waals surface area contributed by atoms with E-state index in [0.717, 1.165) is 49.0 Å². The molecule has 2 aliphatic carbocycles. The van der Waals surface area contributed by atoms with Crippen LogP contribution in [-0.2, 0) is 12.8 Å². The van der Waals surface area contributed by atoms with Crippen LogP contribution in [0.2, 0.25) is 0 Å². The maximum Gasteiger partial charge on any atom is 0.254 e. The number of benzene rings is 2. The number of hydrogen-bond donors (Lipinski definition) is 1. The van der Waals surface area contributed by atoms with Crippen LogP contribution >= 0.6 is 0 Å². The minimum atomic E-state index is -0.0397. The van der Waals surface area contributed by atoms with Crippen molar-refractivity contribution in [3.05, 3.63) is 83.2 Å². The molecule has 1 fully saturated rings. The van der Waals surface area contributed by atoms with Gasteiger partial charge in [0.2, 0.25) is 0 Å². The number of H-pyrrole nitrogens is 1. The Bertz CT molecular complexity index is 1010. The van der Waals surface area contributed by atoms with Crippen LogP contribution in [0.1, 0.15) is 59.5 Å². The van der Waals surface area contributed by atoms with Crippen molar-refractivity contribution in [3.8, 4) is 5.75 Å². The lowest BCUT2D eigenvalue weighted by molar-refractivity contribution is 0.0642. The van der Waals surface area contributed by atoms with Crippen LogP contribution in [0.25, 0.3) is 0 Å². The van der Waals surface area contributed by atoms with Crippen molar-refractivity contribution < 1.29 is 9.53 Å². The average molecular weight is 402 g/mol. The Morgan fingerprint density at radius 3 is 2.57 bits per heavy atom. The Morgan fingerprint density at radius 1 is 1.07 bits per heavy atom.